The molecule has 0 spiro atoms. The number of ether oxygens (including phenoxy) is 1. The van der Waals surface area contributed by atoms with Crippen LogP contribution in [0, 0.1) is 0 Å². The molecule has 0 bridgehead atoms. The summed E-state index contributed by atoms with van der Waals surface area (Å²) >= 11 is 1.44. The van der Waals surface area contributed by atoms with Crippen LogP contribution in [0.15, 0.2) is 4.99 Å². The van der Waals surface area contributed by atoms with E-state index in [0.717, 1.165) is 24.7 Å². The predicted octanol–water partition coefficient (Wildman–Crippen LogP) is 0.165. The highest BCUT2D eigenvalue weighted by atomic mass is 32.2. The van der Waals surface area contributed by atoms with Crippen LogP contribution in [0.1, 0.15) is 6.42 Å². The van der Waals surface area contributed by atoms with Crippen molar-refractivity contribution in [3.63, 3.8) is 0 Å². The number of aliphatic imine (C=N–C) groups is 1. The van der Waals surface area contributed by atoms with Crippen molar-refractivity contribution in [1.29, 1.82) is 0 Å². The number of hydrogen-bond acceptors (Lipinski definition) is 5. The molecule has 2 aliphatic heterocycles. The van der Waals surface area contributed by atoms with Gasteiger partial charge in [-0.1, -0.05) is 11.8 Å². The van der Waals surface area contributed by atoms with E-state index in [1.54, 1.807) is 0 Å². The maximum atomic E-state index is 12.5. The lowest BCUT2D eigenvalue weighted by molar-refractivity contribution is -0.185. The minimum Gasteiger partial charge on any atom is -0.388 e. The molecule has 0 aromatic carbocycles. The summed E-state index contributed by atoms with van der Waals surface area (Å²) in [7, 11) is 0. The molecule has 0 aromatic heterocycles. The van der Waals surface area contributed by atoms with Crippen molar-refractivity contribution < 1.29 is 23.7 Å². The smallest absolute Gasteiger partial charge is 0.267 e. The monoisotopic (exact) mass is 296 g/mol. The van der Waals surface area contributed by atoms with E-state index >= 15 is 0 Å². The van der Waals surface area contributed by atoms with Gasteiger partial charge in [-0.05, 0) is 12.7 Å². The molecule has 4 unspecified atom stereocenters. The first-order valence-electron chi connectivity index (χ1n) is 6.17. The van der Waals surface area contributed by atoms with Crippen molar-refractivity contribution in [2.45, 2.75) is 37.2 Å². The highest BCUT2D eigenvalue weighted by Crippen LogP contribution is 2.24. The molecule has 8 heteroatoms. The molecule has 0 saturated carbocycles. The van der Waals surface area contributed by atoms with Crippen LogP contribution in [0.5, 0.6) is 0 Å². The summed E-state index contributed by atoms with van der Waals surface area (Å²) in [6.45, 7) is 1.71. The minimum atomic E-state index is -2.81. The van der Waals surface area contributed by atoms with E-state index in [1.807, 2.05) is 11.2 Å². The lowest BCUT2D eigenvalue weighted by atomic mass is 9.99. The molecule has 2 saturated heterocycles. The lowest BCUT2D eigenvalue weighted by Gasteiger charge is -2.38. The van der Waals surface area contributed by atoms with Crippen LogP contribution in [0.25, 0.3) is 0 Å². The molecule has 2 rings (SSSR count). The third kappa shape index (κ3) is 3.18. The Labute approximate surface area is 114 Å². The maximum absolute atomic E-state index is 12.5. The van der Waals surface area contributed by atoms with Gasteiger partial charge < -0.3 is 19.8 Å². The number of nitrogens with zero attached hydrogens (tertiary/aromatic N) is 2. The Morgan fingerprint density at radius 2 is 2.05 bits per heavy atom. The number of hydrogen-bond donors (Lipinski definition) is 2. The van der Waals surface area contributed by atoms with E-state index in [0.29, 0.717) is 0 Å². The molecule has 19 heavy (non-hydrogen) atoms. The Hall–Kier alpha value is -0.440. The van der Waals surface area contributed by atoms with Gasteiger partial charge >= 0.3 is 0 Å². The van der Waals surface area contributed by atoms with Crippen molar-refractivity contribution >= 4 is 16.9 Å². The number of aliphatic hydroxyl groups excluding tert-OH is 2. The predicted molar refractivity (Wildman–Crippen MR) is 68.7 cm³/mol. The van der Waals surface area contributed by atoms with E-state index in [-0.39, 0.29) is 6.61 Å². The summed E-state index contributed by atoms with van der Waals surface area (Å²) in [5.74, 6) is 0. The van der Waals surface area contributed by atoms with Gasteiger partial charge in [-0.25, -0.2) is 8.78 Å². The van der Waals surface area contributed by atoms with Crippen LogP contribution in [0.4, 0.5) is 8.78 Å². The zero-order valence-electron chi connectivity index (χ0n) is 10.6. The fraction of sp³-hybridized carbons (Fsp3) is 0.909. The number of thioether (sulfide) groups is 1. The fourth-order valence-electron chi connectivity index (χ4n) is 2.08. The number of rotatable bonds is 2. The van der Waals surface area contributed by atoms with Gasteiger partial charge in [0.25, 0.3) is 6.43 Å². The van der Waals surface area contributed by atoms with Gasteiger partial charge in [0.2, 0.25) is 0 Å². The van der Waals surface area contributed by atoms with Crippen molar-refractivity contribution in [3.8, 4) is 0 Å². The van der Waals surface area contributed by atoms with Gasteiger partial charge in [-0.3, -0.25) is 4.99 Å². The van der Waals surface area contributed by atoms with Gasteiger partial charge in [-0.2, -0.15) is 0 Å². The van der Waals surface area contributed by atoms with Crippen LogP contribution in [0.2, 0.25) is 0 Å². The second kappa shape index (κ2) is 6.34. The number of alkyl halides is 2. The van der Waals surface area contributed by atoms with Crippen LogP contribution < -0.4 is 0 Å². The molecule has 0 aromatic rings. The van der Waals surface area contributed by atoms with Crippen molar-refractivity contribution in [2.75, 3.05) is 26.0 Å². The summed E-state index contributed by atoms with van der Waals surface area (Å²) in [5, 5.41) is 20.3. The van der Waals surface area contributed by atoms with E-state index in [4.69, 9.17) is 4.74 Å². The maximum Gasteiger partial charge on any atom is 0.267 e. The summed E-state index contributed by atoms with van der Waals surface area (Å²) < 4.78 is 30.0. The topological polar surface area (TPSA) is 65.3 Å². The van der Waals surface area contributed by atoms with Gasteiger partial charge in [0.1, 0.15) is 24.4 Å². The number of aliphatic hydroxyl groups is 2. The van der Waals surface area contributed by atoms with Crippen LogP contribution in [-0.4, -0.2) is 77.0 Å². The Balaban J connectivity index is 2.03. The van der Waals surface area contributed by atoms with Crippen LogP contribution >= 0.6 is 11.8 Å². The fourth-order valence-corrected chi connectivity index (χ4v) is 2.76. The Bertz CT molecular complexity index is 342. The third-order valence-corrected chi connectivity index (χ3v) is 4.10. The van der Waals surface area contributed by atoms with Gasteiger partial charge in [0.05, 0.1) is 6.61 Å². The SMILES string of the molecule is CSC(=NC1COC(C(F)F)C(O)C1O)N1CCC1. The summed E-state index contributed by atoms with van der Waals surface area (Å²) in [6.07, 6.45) is -4.42. The van der Waals surface area contributed by atoms with Crippen molar-refractivity contribution in [1.82, 2.24) is 4.90 Å². The second-order valence-electron chi connectivity index (χ2n) is 4.64. The first kappa shape index (κ1) is 15.0. The standard InChI is InChI=1S/C11H18F2N2O3S/c1-19-11(15-3-2-4-15)14-6-5-18-9(10(12)13)8(17)7(6)16/h6-10,16-17H,2-5H2,1H3. The van der Waals surface area contributed by atoms with Crippen LogP contribution in [-0.2, 0) is 4.74 Å². The Kier molecular flexibility index (Phi) is 4.99. The first-order valence-corrected chi connectivity index (χ1v) is 7.39. The number of likely N-dealkylation sites (tertiary alicyclic amines) is 1. The van der Waals surface area contributed by atoms with Crippen LogP contribution in [0.3, 0.4) is 0 Å². The Morgan fingerprint density at radius 3 is 2.53 bits per heavy atom. The first-order chi connectivity index (χ1) is 9.04. The highest BCUT2D eigenvalue weighted by molar-refractivity contribution is 8.13. The van der Waals surface area contributed by atoms with Crippen molar-refractivity contribution in [2.24, 2.45) is 4.99 Å². The van der Waals surface area contributed by atoms with Gasteiger partial charge in [-0.15, -0.1) is 0 Å². The molecule has 110 valence electrons. The third-order valence-electron chi connectivity index (χ3n) is 3.37. The average molecular weight is 296 g/mol. The quantitative estimate of drug-likeness (QED) is 0.561. The molecule has 0 aliphatic carbocycles. The van der Waals surface area contributed by atoms with Gasteiger partial charge in [0, 0.05) is 13.1 Å². The molecule has 5 nitrogen and oxygen atoms in total. The molecule has 2 N–H and O–H groups in total. The minimum absolute atomic E-state index is 0.106. The summed E-state index contributed by atoms with van der Waals surface area (Å²) in [4.78, 5) is 6.37. The molecule has 0 radical (unpaired) electrons. The number of halogens is 2. The van der Waals surface area contributed by atoms with E-state index in [9.17, 15) is 19.0 Å². The Morgan fingerprint density at radius 1 is 1.37 bits per heavy atom. The lowest BCUT2D eigenvalue weighted by Crippen LogP contribution is -2.55. The molecular weight excluding hydrogens is 278 g/mol. The van der Waals surface area contributed by atoms with Crippen molar-refractivity contribution in [3.05, 3.63) is 0 Å². The zero-order valence-corrected chi connectivity index (χ0v) is 11.4. The molecule has 0 amide bonds. The second-order valence-corrected chi connectivity index (χ2v) is 5.41. The normalized spacial score (nSPS) is 36.5. The largest absolute Gasteiger partial charge is 0.388 e. The molecule has 2 heterocycles. The molecule has 2 aliphatic rings. The number of amidine groups is 1. The summed E-state index contributed by atoms with van der Waals surface area (Å²) in [6, 6.07) is -0.701. The molecular formula is C11H18F2N2O3S. The molecule has 2 fully saturated rings. The van der Waals surface area contributed by atoms with E-state index < -0.39 is 30.8 Å². The summed E-state index contributed by atoms with van der Waals surface area (Å²) in [5.41, 5.74) is 0. The highest BCUT2D eigenvalue weighted by Gasteiger charge is 2.43. The van der Waals surface area contributed by atoms with E-state index in [2.05, 4.69) is 4.99 Å². The average Bonchev–Trinajstić information content (AvgIpc) is 2.31. The van der Waals surface area contributed by atoms with Gasteiger partial charge in [0.15, 0.2) is 5.17 Å². The molecule has 4 atom stereocenters. The van der Waals surface area contributed by atoms with E-state index in [1.165, 1.54) is 11.8 Å². The zero-order chi connectivity index (χ0) is 14.0.